The van der Waals surface area contributed by atoms with Crippen LogP contribution in [0.3, 0.4) is 0 Å². The maximum absolute atomic E-state index is 13.0. The minimum absolute atomic E-state index is 0.0512. The molecule has 0 saturated carbocycles. The lowest BCUT2D eigenvalue weighted by atomic mass is 9.93. The van der Waals surface area contributed by atoms with E-state index in [-0.39, 0.29) is 17.5 Å². The van der Waals surface area contributed by atoms with Crippen LogP contribution in [-0.4, -0.2) is 39.9 Å². The highest BCUT2D eigenvalue weighted by molar-refractivity contribution is 5.94. The van der Waals surface area contributed by atoms with Gasteiger partial charge in [-0.15, -0.1) is 0 Å². The molecule has 164 valence electrons. The van der Waals surface area contributed by atoms with E-state index in [1.165, 1.54) is 10.9 Å². The summed E-state index contributed by atoms with van der Waals surface area (Å²) >= 11 is 0. The third-order valence-corrected chi connectivity index (χ3v) is 5.99. The molecule has 8 heteroatoms. The quantitative estimate of drug-likeness (QED) is 0.645. The van der Waals surface area contributed by atoms with Crippen molar-refractivity contribution in [2.45, 2.75) is 32.7 Å². The van der Waals surface area contributed by atoms with Crippen molar-refractivity contribution >= 4 is 5.91 Å². The molecule has 3 heterocycles. The first kappa shape index (κ1) is 21.5. The third-order valence-electron chi connectivity index (χ3n) is 5.99. The Hall–Kier alpha value is -3.70. The zero-order chi connectivity index (χ0) is 22.7. The summed E-state index contributed by atoms with van der Waals surface area (Å²) < 4.78 is 6.72. The van der Waals surface area contributed by atoms with E-state index < -0.39 is 0 Å². The van der Waals surface area contributed by atoms with Gasteiger partial charge in [-0.25, -0.2) is 9.67 Å². The maximum Gasteiger partial charge on any atom is 0.280 e. The predicted molar refractivity (Wildman–Crippen MR) is 120 cm³/mol. The van der Waals surface area contributed by atoms with Gasteiger partial charge in [0.2, 0.25) is 0 Å². The SMILES string of the molecule is Cc1cc(C#N)ccc1-c1c[nH]n(-c2ccc(C(=O)N[C@H](C)C3CCOCC3)cn2)c1=O. The number of hydrogen-bond donors (Lipinski definition) is 2. The fourth-order valence-electron chi connectivity index (χ4n) is 4.04. The highest BCUT2D eigenvalue weighted by Crippen LogP contribution is 2.22. The fraction of sp³-hybridized carbons (Fsp3) is 0.333. The zero-order valence-corrected chi connectivity index (χ0v) is 18.1. The number of nitrogens with one attached hydrogen (secondary N) is 2. The number of aromatic nitrogens is 3. The van der Waals surface area contributed by atoms with Gasteiger partial charge in [0.25, 0.3) is 11.5 Å². The van der Waals surface area contributed by atoms with Gasteiger partial charge in [-0.05, 0) is 68.0 Å². The van der Waals surface area contributed by atoms with Gasteiger partial charge >= 0.3 is 0 Å². The number of amides is 1. The van der Waals surface area contributed by atoms with Gasteiger partial charge < -0.3 is 10.1 Å². The Balaban J connectivity index is 1.50. The van der Waals surface area contributed by atoms with Crippen LogP contribution in [0.2, 0.25) is 0 Å². The normalized spacial score (nSPS) is 15.2. The number of carbonyl (C=O) groups excluding carboxylic acids is 1. The lowest BCUT2D eigenvalue weighted by Gasteiger charge is -2.28. The Morgan fingerprint density at radius 3 is 2.72 bits per heavy atom. The minimum atomic E-state index is -0.254. The van der Waals surface area contributed by atoms with Crippen LogP contribution in [0.1, 0.15) is 41.3 Å². The molecule has 0 aliphatic carbocycles. The van der Waals surface area contributed by atoms with E-state index in [1.54, 1.807) is 36.5 Å². The van der Waals surface area contributed by atoms with Crippen LogP contribution in [0.25, 0.3) is 16.9 Å². The van der Waals surface area contributed by atoms with Crippen molar-refractivity contribution < 1.29 is 9.53 Å². The van der Waals surface area contributed by atoms with Crippen molar-refractivity contribution in [3.63, 3.8) is 0 Å². The summed E-state index contributed by atoms with van der Waals surface area (Å²) in [5.41, 5.74) is 2.81. The molecule has 1 aromatic carbocycles. The average Bonchev–Trinajstić information content (AvgIpc) is 3.20. The van der Waals surface area contributed by atoms with Crippen molar-refractivity contribution in [3.05, 3.63) is 69.8 Å². The molecule has 1 amide bonds. The van der Waals surface area contributed by atoms with E-state index in [2.05, 4.69) is 21.5 Å². The number of pyridine rings is 1. The first-order chi connectivity index (χ1) is 15.5. The standard InChI is InChI=1S/C24H25N5O3/c1-15-11-17(12-25)3-5-20(15)21-14-27-29(24(21)31)22-6-4-19(13-26-22)23(30)28-16(2)18-7-9-32-10-8-18/h3-6,11,13-14,16,18,27H,7-10H2,1-2H3,(H,28,30)/t16-/m1/s1. The number of H-pyrrole nitrogens is 1. The molecule has 1 fully saturated rings. The summed E-state index contributed by atoms with van der Waals surface area (Å²) in [6.45, 7) is 5.34. The topological polar surface area (TPSA) is 113 Å². The Morgan fingerprint density at radius 1 is 1.28 bits per heavy atom. The van der Waals surface area contributed by atoms with Crippen LogP contribution >= 0.6 is 0 Å². The number of hydrogen-bond acceptors (Lipinski definition) is 5. The Labute approximate surface area is 185 Å². The first-order valence-corrected chi connectivity index (χ1v) is 10.6. The molecule has 3 aromatic rings. The number of aromatic amines is 1. The number of rotatable bonds is 5. The second kappa shape index (κ2) is 9.20. The molecule has 1 atom stereocenters. The van der Waals surface area contributed by atoms with Crippen LogP contribution in [0.15, 0.2) is 47.5 Å². The van der Waals surface area contributed by atoms with Gasteiger partial charge in [-0.1, -0.05) is 6.07 Å². The molecule has 0 unspecified atom stereocenters. The van der Waals surface area contributed by atoms with Crippen LogP contribution in [0.4, 0.5) is 0 Å². The lowest BCUT2D eigenvalue weighted by molar-refractivity contribution is 0.0538. The number of carbonyl (C=O) groups is 1. The number of nitriles is 1. The Bertz CT molecular complexity index is 1210. The van der Waals surface area contributed by atoms with Gasteiger partial charge in [0.1, 0.15) is 0 Å². The molecule has 1 saturated heterocycles. The van der Waals surface area contributed by atoms with E-state index >= 15 is 0 Å². The molecular formula is C24H25N5O3. The molecular weight excluding hydrogens is 406 g/mol. The Morgan fingerprint density at radius 2 is 2.06 bits per heavy atom. The third kappa shape index (κ3) is 4.34. The van der Waals surface area contributed by atoms with E-state index in [0.29, 0.717) is 28.4 Å². The zero-order valence-electron chi connectivity index (χ0n) is 18.1. The van der Waals surface area contributed by atoms with E-state index in [4.69, 9.17) is 10.00 Å². The highest BCUT2D eigenvalue weighted by Gasteiger charge is 2.22. The van der Waals surface area contributed by atoms with Gasteiger partial charge in [0.05, 0.1) is 22.8 Å². The predicted octanol–water partition coefficient (Wildman–Crippen LogP) is 2.95. The molecule has 32 heavy (non-hydrogen) atoms. The summed E-state index contributed by atoms with van der Waals surface area (Å²) in [6.07, 6.45) is 4.97. The lowest BCUT2D eigenvalue weighted by Crippen LogP contribution is -2.40. The van der Waals surface area contributed by atoms with E-state index in [9.17, 15) is 9.59 Å². The molecule has 0 spiro atoms. The van der Waals surface area contributed by atoms with E-state index in [0.717, 1.165) is 37.2 Å². The number of aryl methyl sites for hydroxylation is 1. The maximum atomic E-state index is 13.0. The molecule has 0 radical (unpaired) electrons. The summed E-state index contributed by atoms with van der Waals surface area (Å²) in [4.78, 5) is 29.9. The second-order valence-corrected chi connectivity index (χ2v) is 8.09. The van der Waals surface area contributed by atoms with Crippen LogP contribution in [0.5, 0.6) is 0 Å². The smallest absolute Gasteiger partial charge is 0.280 e. The van der Waals surface area contributed by atoms with Crippen LogP contribution in [0, 0.1) is 24.2 Å². The van der Waals surface area contributed by atoms with E-state index in [1.807, 2.05) is 13.8 Å². The molecule has 1 aliphatic heterocycles. The van der Waals surface area contributed by atoms with Crippen molar-refractivity contribution in [3.8, 4) is 23.0 Å². The average molecular weight is 431 g/mol. The van der Waals surface area contributed by atoms with Crippen LogP contribution in [-0.2, 0) is 4.74 Å². The largest absolute Gasteiger partial charge is 0.381 e. The first-order valence-electron chi connectivity index (χ1n) is 10.6. The highest BCUT2D eigenvalue weighted by atomic mass is 16.5. The van der Waals surface area contributed by atoms with Crippen molar-refractivity contribution in [1.82, 2.24) is 20.1 Å². The summed E-state index contributed by atoms with van der Waals surface area (Å²) in [5, 5.41) is 15.0. The monoisotopic (exact) mass is 431 g/mol. The molecule has 2 N–H and O–H groups in total. The molecule has 1 aliphatic rings. The second-order valence-electron chi connectivity index (χ2n) is 8.09. The number of benzene rings is 1. The molecule has 8 nitrogen and oxygen atoms in total. The van der Waals surface area contributed by atoms with Gasteiger partial charge in [0, 0.05) is 31.6 Å². The van der Waals surface area contributed by atoms with Crippen molar-refractivity contribution in [1.29, 1.82) is 5.26 Å². The van der Waals surface area contributed by atoms with Crippen molar-refractivity contribution in [2.75, 3.05) is 13.2 Å². The van der Waals surface area contributed by atoms with Gasteiger partial charge in [-0.3, -0.25) is 14.7 Å². The van der Waals surface area contributed by atoms with Crippen molar-refractivity contribution in [2.24, 2.45) is 5.92 Å². The molecule has 4 rings (SSSR count). The fourth-order valence-corrected chi connectivity index (χ4v) is 4.04. The summed E-state index contributed by atoms with van der Waals surface area (Å²) in [5.74, 6) is 0.610. The van der Waals surface area contributed by atoms with Crippen LogP contribution < -0.4 is 10.9 Å². The summed E-state index contributed by atoms with van der Waals surface area (Å²) in [7, 11) is 0. The summed E-state index contributed by atoms with van der Waals surface area (Å²) in [6, 6.07) is 10.7. The Kier molecular flexibility index (Phi) is 6.19. The van der Waals surface area contributed by atoms with Gasteiger partial charge in [-0.2, -0.15) is 5.26 Å². The molecule has 2 aromatic heterocycles. The number of ether oxygens (including phenoxy) is 1. The van der Waals surface area contributed by atoms with Gasteiger partial charge in [0.15, 0.2) is 5.82 Å². The minimum Gasteiger partial charge on any atom is -0.381 e. The molecule has 0 bridgehead atoms. The number of nitrogens with zero attached hydrogens (tertiary/aromatic N) is 3.